The SMILES string of the molecule is FC(F)(F)COc1ccc(CN2CCn3ccnc3C2)cc1. The van der Waals surface area contributed by atoms with Crippen molar-refractivity contribution in [2.45, 2.75) is 25.8 Å². The highest BCUT2D eigenvalue weighted by Crippen LogP contribution is 2.20. The van der Waals surface area contributed by atoms with Crippen molar-refractivity contribution in [1.29, 1.82) is 0 Å². The van der Waals surface area contributed by atoms with Gasteiger partial charge in [0.15, 0.2) is 6.61 Å². The average Bonchev–Trinajstić information content (AvgIpc) is 2.93. The molecule has 118 valence electrons. The third-order valence-electron chi connectivity index (χ3n) is 3.56. The highest BCUT2D eigenvalue weighted by Gasteiger charge is 2.28. The van der Waals surface area contributed by atoms with Crippen molar-refractivity contribution in [3.05, 3.63) is 48.0 Å². The molecule has 1 aromatic carbocycles. The van der Waals surface area contributed by atoms with Crippen LogP contribution < -0.4 is 4.74 Å². The first kappa shape index (κ1) is 14.9. The lowest BCUT2D eigenvalue weighted by molar-refractivity contribution is -0.153. The summed E-state index contributed by atoms with van der Waals surface area (Å²) in [6.07, 6.45) is -0.542. The van der Waals surface area contributed by atoms with E-state index in [0.717, 1.165) is 37.6 Å². The summed E-state index contributed by atoms with van der Waals surface area (Å²) in [7, 11) is 0. The van der Waals surface area contributed by atoms with E-state index in [4.69, 9.17) is 4.74 Å². The van der Waals surface area contributed by atoms with Gasteiger partial charge in [-0.05, 0) is 17.7 Å². The van der Waals surface area contributed by atoms with Crippen LogP contribution in [0.1, 0.15) is 11.4 Å². The monoisotopic (exact) mass is 311 g/mol. The van der Waals surface area contributed by atoms with Crippen molar-refractivity contribution < 1.29 is 17.9 Å². The second-order valence-corrected chi connectivity index (χ2v) is 5.30. The van der Waals surface area contributed by atoms with Crippen molar-refractivity contribution in [3.8, 4) is 5.75 Å². The Hall–Kier alpha value is -2.02. The molecule has 0 saturated carbocycles. The molecule has 0 N–H and O–H groups in total. The van der Waals surface area contributed by atoms with Crippen LogP contribution in [0.4, 0.5) is 13.2 Å². The molecule has 0 unspecified atom stereocenters. The molecule has 4 nitrogen and oxygen atoms in total. The fraction of sp³-hybridized carbons (Fsp3) is 0.400. The average molecular weight is 311 g/mol. The molecule has 2 aromatic rings. The van der Waals surface area contributed by atoms with Crippen molar-refractivity contribution in [1.82, 2.24) is 14.5 Å². The molecule has 0 saturated heterocycles. The Labute approximate surface area is 126 Å². The highest BCUT2D eigenvalue weighted by atomic mass is 19.4. The van der Waals surface area contributed by atoms with Gasteiger partial charge in [0.25, 0.3) is 0 Å². The fourth-order valence-electron chi connectivity index (χ4n) is 2.47. The first-order chi connectivity index (χ1) is 10.5. The van der Waals surface area contributed by atoms with Crippen LogP contribution in [-0.2, 0) is 19.6 Å². The number of imidazole rings is 1. The van der Waals surface area contributed by atoms with Gasteiger partial charge in [0.1, 0.15) is 11.6 Å². The summed E-state index contributed by atoms with van der Waals surface area (Å²) < 4.78 is 43.1. The Morgan fingerprint density at radius 2 is 1.91 bits per heavy atom. The van der Waals surface area contributed by atoms with Crippen LogP contribution in [0.2, 0.25) is 0 Å². The van der Waals surface area contributed by atoms with Crippen LogP contribution in [0.15, 0.2) is 36.7 Å². The second-order valence-electron chi connectivity index (χ2n) is 5.30. The Morgan fingerprint density at radius 1 is 1.14 bits per heavy atom. The van der Waals surface area contributed by atoms with Gasteiger partial charge in [-0.1, -0.05) is 12.1 Å². The number of hydrogen-bond acceptors (Lipinski definition) is 3. The maximum atomic E-state index is 12.1. The van der Waals surface area contributed by atoms with Crippen molar-refractivity contribution in [2.75, 3.05) is 13.2 Å². The molecule has 0 fully saturated rings. The number of hydrogen-bond donors (Lipinski definition) is 0. The quantitative estimate of drug-likeness (QED) is 0.870. The number of rotatable bonds is 4. The standard InChI is InChI=1S/C15H16F3N3O/c16-15(17,18)11-22-13-3-1-12(2-4-13)9-20-7-8-21-6-5-19-14(21)10-20/h1-6H,7-11H2. The van der Waals surface area contributed by atoms with E-state index >= 15 is 0 Å². The number of fused-ring (bicyclic) bond motifs is 1. The van der Waals surface area contributed by atoms with Gasteiger partial charge in [-0.3, -0.25) is 4.90 Å². The molecule has 0 aliphatic carbocycles. The molecular formula is C15H16F3N3O. The zero-order valence-corrected chi connectivity index (χ0v) is 11.9. The summed E-state index contributed by atoms with van der Waals surface area (Å²) in [6, 6.07) is 6.75. The third-order valence-corrected chi connectivity index (χ3v) is 3.56. The minimum atomic E-state index is -4.31. The number of benzene rings is 1. The fourth-order valence-corrected chi connectivity index (χ4v) is 2.47. The summed E-state index contributed by atoms with van der Waals surface area (Å²) in [5, 5.41) is 0. The van der Waals surface area contributed by atoms with E-state index in [1.54, 1.807) is 30.5 Å². The molecule has 0 radical (unpaired) electrons. The van der Waals surface area contributed by atoms with Crippen LogP contribution >= 0.6 is 0 Å². The van der Waals surface area contributed by atoms with E-state index in [2.05, 4.69) is 14.5 Å². The Morgan fingerprint density at radius 3 is 2.64 bits per heavy atom. The Kier molecular flexibility index (Phi) is 4.06. The minimum absolute atomic E-state index is 0.232. The first-order valence-corrected chi connectivity index (χ1v) is 7.00. The molecule has 1 aliphatic heterocycles. The smallest absolute Gasteiger partial charge is 0.422 e. The second kappa shape index (κ2) is 6.00. The van der Waals surface area contributed by atoms with Crippen LogP contribution in [0.5, 0.6) is 5.75 Å². The molecule has 0 bridgehead atoms. The number of alkyl halides is 3. The summed E-state index contributed by atoms with van der Waals surface area (Å²) in [6.45, 7) is 2.09. The van der Waals surface area contributed by atoms with Gasteiger partial charge in [0.2, 0.25) is 0 Å². The molecule has 2 heterocycles. The number of halogens is 3. The third kappa shape index (κ3) is 3.79. The van der Waals surface area contributed by atoms with E-state index in [9.17, 15) is 13.2 Å². The summed E-state index contributed by atoms with van der Waals surface area (Å²) in [5.41, 5.74) is 1.04. The van der Waals surface area contributed by atoms with Gasteiger partial charge in [0, 0.05) is 32.0 Å². The number of nitrogens with zero attached hydrogens (tertiary/aromatic N) is 3. The zero-order valence-electron chi connectivity index (χ0n) is 11.9. The highest BCUT2D eigenvalue weighted by molar-refractivity contribution is 5.27. The summed E-state index contributed by atoms with van der Waals surface area (Å²) in [4.78, 5) is 6.56. The molecule has 22 heavy (non-hydrogen) atoms. The van der Waals surface area contributed by atoms with Crippen LogP contribution in [0, 0.1) is 0 Å². The van der Waals surface area contributed by atoms with E-state index in [1.807, 2.05) is 6.20 Å². The van der Waals surface area contributed by atoms with E-state index in [-0.39, 0.29) is 5.75 Å². The predicted octanol–water partition coefficient (Wildman–Crippen LogP) is 2.84. The molecule has 0 amide bonds. The lowest BCUT2D eigenvalue weighted by Crippen LogP contribution is -2.33. The zero-order chi connectivity index (χ0) is 15.6. The summed E-state index contributed by atoms with van der Waals surface area (Å²) in [5.74, 6) is 1.27. The molecule has 7 heteroatoms. The molecule has 0 atom stereocenters. The van der Waals surface area contributed by atoms with Gasteiger partial charge in [-0.25, -0.2) is 4.98 Å². The minimum Gasteiger partial charge on any atom is -0.484 e. The maximum Gasteiger partial charge on any atom is 0.422 e. The van der Waals surface area contributed by atoms with E-state index in [0.29, 0.717) is 0 Å². The van der Waals surface area contributed by atoms with Crippen molar-refractivity contribution in [3.63, 3.8) is 0 Å². The lowest BCUT2D eigenvalue weighted by atomic mass is 10.2. The van der Waals surface area contributed by atoms with Gasteiger partial charge >= 0.3 is 6.18 Å². The normalized spacial score (nSPS) is 15.6. The van der Waals surface area contributed by atoms with Gasteiger partial charge in [-0.15, -0.1) is 0 Å². The lowest BCUT2D eigenvalue weighted by Gasteiger charge is -2.27. The number of ether oxygens (including phenoxy) is 1. The molecule has 1 aromatic heterocycles. The number of aromatic nitrogens is 2. The Balaban J connectivity index is 1.55. The largest absolute Gasteiger partial charge is 0.484 e. The predicted molar refractivity (Wildman–Crippen MR) is 74.3 cm³/mol. The molecule has 1 aliphatic rings. The topological polar surface area (TPSA) is 30.3 Å². The van der Waals surface area contributed by atoms with Crippen molar-refractivity contribution >= 4 is 0 Å². The van der Waals surface area contributed by atoms with Crippen LogP contribution in [-0.4, -0.2) is 33.8 Å². The van der Waals surface area contributed by atoms with Gasteiger partial charge in [-0.2, -0.15) is 13.2 Å². The molecule has 0 spiro atoms. The van der Waals surface area contributed by atoms with Crippen molar-refractivity contribution in [2.24, 2.45) is 0 Å². The maximum absolute atomic E-state index is 12.1. The molecule has 3 rings (SSSR count). The van der Waals surface area contributed by atoms with Crippen LogP contribution in [0.25, 0.3) is 0 Å². The van der Waals surface area contributed by atoms with Gasteiger partial charge < -0.3 is 9.30 Å². The summed E-state index contributed by atoms with van der Waals surface area (Å²) >= 11 is 0. The van der Waals surface area contributed by atoms with E-state index in [1.165, 1.54) is 0 Å². The molecular weight excluding hydrogens is 295 g/mol. The van der Waals surface area contributed by atoms with E-state index < -0.39 is 12.8 Å². The van der Waals surface area contributed by atoms with Crippen LogP contribution in [0.3, 0.4) is 0 Å². The Bertz CT molecular complexity index is 622. The first-order valence-electron chi connectivity index (χ1n) is 7.00. The van der Waals surface area contributed by atoms with Gasteiger partial charge in [0.05, 0.1) is 6.54 Å².